The Balaban J connectivity index is 1.94. The van der Waals surface area contributed by atoms with Crippen LogP contribution in [0.3, 0.4) is 0 Å². The van der Waals surface area contributed by atoms with Gasteiger partial charge in [-0.2, -0.15) is 0 Å². The van der Waals surface area contributed by atoms with Gasteiger partial charge in [0.1, 0.15) is 11.3 Å². The highest BCUT2D eigenvalue weighted by atomic mass is 79.9. The van der Waals surface area contributed by atoms with Gasteiger partial charge in [-0.05, 0) is 52.3 Å². The van der Waals surface area contributed by atoms with E-state index in [0.29, 0.717) is 32.9 Å². The molecular weight excluding hydrogens is 384 g/mol. The summed E-state index contributed by atoms with van der Waals surface area (Å²) in [5, 5.41) is 0. The Hall–Kier alpha value is -2.06. The summed E-state index contributed by atoms with van der Waals surface area (Å²) in [5.41, 5.74) is 1.62. The number of aromatic nitrogens is 1. The predicted molar refractivity (Wildman–Crippen MR) is 90.2 cm³/mol. The first-order chi connectivity index (χ1) is 10.9. The van der Waals surface area contributed by atoms with Gasteiger partial charge in [0, 0.05) is 6.92 Å². The van der Waals surface area contributed by atoms with Gasteiger partial charge in [-0.15, -0.1) is 0 Å². The first kappa shape index (κ1) is 15.8. The molecule has 23 heavy (non-hydrogen) atoms. The summed E-state index contributed by atoms with van der Waals surface area (Å²) in [7, 11) is -2.20. The number of aryl methyl sites for hydroxylation is 1. The molecule has 0 radical (unpaired) electrons. The van der Waals surface area contributed by atoms with Gasteiger partial charge in [0.15, 0.2) is 11.5 Å². The summed E-state index contributed by atoms with van der Waals surface area (Å²) in [6, 6.07) is 9.48. The zero-order chi connectivity index (χ0) is 16.6. The molecule has 0 fully saturated rings. The topological polar surface area (TPSA) is 81.4 Å². The molecule has 0 atom stereocenters. The highest BCUT2D eigenvalue weighted by Gasteiger charge is 2.16. The van der Waals surface area contributed by atoms with Crippen LogP contribution in [0.1, 0.15) is 5.89 Å². The molecule has 0 saturated heterocycles. The van der Waals surface area contributed by atoms with Crippen LogP contribution in [0.25, 0.3) is 11.1 Å². The normalized spacial score (nSPS) is 11.6. The number of anilines is 1. The van der Waals surface area contributed by atoms with Crippen molar-refractivity contribution >= 4 is 42.7 Å². The summed E-state index contributed by atoms with van der Waals surface area (Å²) < 4.78 is 38.5. The third-order valence-electron chi connectivity index (χ3n) is 3.18. The lowest BCUT2D eigenvalue weighted by atomic mass is 10.3. The number of fused-ring (bicyclic) bond motifs is 1. The van der Waals surface area contributed by atoms with Crippen molar-refractivity contribution in [2.75, 3.05) is 11.8 Å². The van der Waals surface area contributed by atoms with Gasteiger partial charge < -0.3 is 9.15 Å². The van der Waals surface area contributed by atoms with E-state index in [4.69, 9.17) is 9.15 Å². The van der Waals surface area contributed by atoms with Crippen LogP contribution in [0.4, 0.5) is 5.69 Å². The Bertz CT molecular complexity index is 982. The number of nitrogens with one attached hydrogen (secondary N) is 1. The van der Waals surface area contributed by atoms with Gasteiger partial charge >= 0.3 is 0 Å². The zero-order valence-electron chi connectivity index (χ0n) is 12.3. The van der Waals surface area contributed by atoms with Crippen molar-refractivity contribution in [1.29, 1.82) is 0 Å². The SMILES string of the molecule is COc1ccc(S(=O)(=O)Nc2ccc3oc(C)nc3c2)cc1Br. The summed E-state index contributed by atoms with van der Waals surface area (Å²) >= 11 is 3.28. The van der Waals surface area contributed by atoms with E-state index < -0.39 is 10.0 Å². The summed E-state index contributed by atoms with van der Waals surface area (Å²) in [4.78, 5) is 4.31. The molecule has 1 N–H and O–H groups in total. The molecule has 0 aliphatic heterocycles. The van der Waals surface area contributed by atoms with E-state index in [-0.39, 0.29) is 4.90 Å². The minimum atomic E-state index is -3.72. The Morgan fingerprint density at radius 2 is 2.00 bits per heavy atom. The molecule has 3 aromatic rings. The van der Waals surface area contributed by atoms with Crippen LogP contribution in [0.15, 0.2) is 50.2 Å². The van der Waals surface area contributed by atoms with Gasteiger partial charge in [0.05, 0.1) is 22.2 Å². The second kappa shape index (κ2) is 5.86. The van der Waals surface area contributed by atoms with Gasteiger partial charge in [-0.3, -0.25) is 4.72 Å². The fourth-order valence-electron chi connectivity index (χ4n) is 2.13. The standard InChI is InChI=1S/C15H13BrN2O4S/c1-9-17-13-7-10(3-5-15(13)22-9)18-23(19,20)11-4-6-14(21-2)12(16)8-11/h3-8,18H,1-2H3. The average molecular weight is 397 g/mol. The number of oxazole rings is 1. The molecule has 1 aromatic heterocycles. The average Bonchev–Trinajstić information content (AvgIpc) is 2.86. The first-order valence-electron chi connectivity index (χ1n) is 6.62. The van der Waals surface area contributed by atoms with Crippen molar-refractivity contribution in [2.45, 2.75) is 11.8 Å². The monoisotopic (exact) mass is 396 g/mol. The van der Waals surface area contributed by atoms with Crippen molar-refractivity contribution in [1.82, 2.24) is 4.98 Å². The van der Waals surface area contributed by atoms with E-state index in [0.717, 1.165) is 0 Å². The van der Waals surface area contributed by atoms with Crippen molar-refractivity contribution < 1.29 is 17.6 Å². The number of methoxy groups -OCH3 is 1. The molecule has 1 heterocycles. The second-order valence-electron chi connectivity index (χ2n) is 4.82. The lowest BCUT2D eigenvalue weighted by Gasteiger charge is -2.10. The van der Waals surface area contributed by atoms with Crippen LogP contribution in [0.2, 0.25) is 0 Å². The Morgan fingerprint density at radius 3 is 2.70 bits per heavy atom. The molecule has 0 aliphatic rings. The van der Waals surface area contributed by atoms with E-state index >= 15 is 0 Å². The molecule has 0 unspecified atom stereocenters. The van der Waals surface area contributed by atoms with Gasteiger partial charge in [-0.1, -0.05) is 0 Å². The van der Waals surface area contributed by atoms with Crippen LogP contribution < -0.4 is 9.46 Å². The molecule has 2 aromatic carbocycles. The number of rotatable bonds is 4. The molecule has 120 valence electrons. The largest absolute Gasteiger partial charge is 0.496 e. The van der Waals surface area contributed by atoms with Crippen molar-refractivity contribution in [3.63, 3.8) is 0 Å². The summed E-state index contributed by atoms with van der Waals surface area (Å²) in [6.45, 7) is 1.73. The third kappa shape index (κ3) is 3.18. The number of ether oxygens (including phenoxy) is 1. The zero-order valence-corrected chi connectivity index (χ0v) is 14.7. The number of nitrogens with zero attached hydrogens (tertiary/aromatic N) is 1. The van der Waals surface area contributed by atoms with Crippen LogP contribution >= 0.6 is 15.9 Å². The fraction of sp³-hybridized carbons (Fsp3) is 0.133. The maximum atomic E-state index is 12.5. The third-order valence-corrected chi connectivity index (χ3v) is 5.18. The van der Waals surface area contributed by atoms with Gasteiger partial charge in [0.2, 0.25) is 0 Å². The number of halogens is 1. The molecule has 0 amide bonds. The summed E-state index contributed by atoms with van der Waals surface area (Å²) in [6.07, 6.45) is 0. The number of hydrogen-bond donors (Lipinski definition) is 1. The molecule has 3 rings (SSSR count). The van der Waals surface area contributed by atoms with Crippen LogP contribution in [-0.4, -0.2) is 20.5 Å². The summed E-state index contributed by atoms with van der Waals surface area (Å²) in [5.74, 6) is 1.09. The van der Waals surface area contributed by atoms with E-state index in [2.05, 4.69) is 25.6 Å². The molecule has 6 nitrogen and oxygen atoms in total. The van der Waals surface area contributed by atoms with E-state index in [9.17, 15) is 8.42 Å². The highest BCUT2D eigenvalue weighted by Crippen LogP contribution is 2.29. The van der Waals surface area contributed by atoms with Gasteiger partial charge in [0.25, 0.3) is 10.0 Å². The van der Waals surface area contributed by atoms with Crippen molar-refractivity contribution in [3.8, 4) is 5.75 Å². The van der Waals surface area contributed by atoms with Gasteiger partial charge in [-0.25, -0.2) is 13.4 Å². The minimum Gasteiger partial charge on any atom is -0.496 e. The Kier molecular flexibility index (Phi) is 4.03. The lowest BCUT2D eigenvalue weighted by molar-refractivity contribution is 0.411. The van der Waals surface area contributed by atoms with Crippen LogP contribution in [0, 0.1) is 6.92 Å². The van der Waals surface area contributed by atoms with Crippen LogP contribution in [-0.2, 0) is 10.0 Å². The second-order valence-corrected chi connectivity index (χ2v) is 7.35. The fourth-order valence-corrected chi connectivity index (χ4v) is 3.90. The number of benzene rings is 2. The minimum absolute atomic E-state index is 0.126. The molecular formula is C15H13BrN2O4S. The Morgan fingerprint density at radius 1 is 1.22 bits per heavy atom. The molecule has 8 heteroatoms. The number of sulfonamides is 1. The van der Waals surface area contributed by atoms with Crippen molar-refractivity contribution in [2.24, 2.45) is 0 Å². The maximum Gasteiger partial charge on any atom is 0.261 e. The Labute approximate surface area is 141 Å². The van der Waals surface area contributed by atoms with E-state index in [1.165, 1.54) is 19.2 Å². The molecule has 0 bridgehead atoms. The quantitative estimate of drug-likeness (QED) is 0.726. The molecule has 0 saturated carbocycles. The molecule has 0 spiro atoms. The van der Waals surface area contributed by atoms with E-state index in [1.54, 1.807) is 31.2 Å². The smallest absolute Gasteiger partial charge is 0.261 e. The highest BCUT2D eigenvalue weighted by molar-refractivity contribution is 9.10. The van der Waals surface area contributed by atoms with Crippen LogP contribution in [0.5, 0.6) is 5.75 Å². The van der Waals surface area contributed by atoms with E-state index in [1.807, 2.05) is 0 Å². The molecule has 0 aliphatic carbocycles. The first-order valence-corrected chi connectivity index (χ1v) is 8.90. The number of hydrogen-bond acceptors (Lipinski definition) is 5. The van der Waals surface area contributed by atoms with Crippen molar-refractivity contribution in [3.05, 3.63) is 46.8 Å². The maximum absolute atomic E-state index is 12.5. The lowest BCUT2D eigenvalue weighted by Crippen LogP contribution is -2.13. The predicted octanol–water partition coefficient (Wildman–Crippen LogP) is 3.71.